The molecule has 0 unspecified atom stereocenters. The summed E-state index contributed by atoms with van der Waals surface area (Å²) in [6.07, 6.45) is 2.00. The van der Waals surface area contributed by atoms with Gasteiger partial charge >= 0.3 is 0 Å². The molecule has 7 heteroatoms. The quantitative estimate of drug-likeness (QED) is 0.753. The number of nitrogens with two attached hydrogens (primary N) is 2. The Hall–Kier alpha value is -2.05. The molecule has 0 atom stereocenters. The molecule has 2 heterocycles. The number of imidazole rings is 1. The van der Waals surface area contributed by atoms with Crippen molar-refractivity contribution >= 4 is 23.0 Å². The highest BCUT2D eigenvalue weighted by atomic mass is 16.1. The summed E-state index contributed by atoms with van der Waals surface area (Å²) in [6.45, 7) is 5.46. The average molecular weight is 264 g/mol. The number of rotatable bonds is 6. The maximum atomic E-state index is 10.7. The fourth-order valence-corrected chi connectivity index (χ4v) is 2.25. The average Bonchev–Trinajstić information content (AvgIpc) is 2.83. The number of aromatic nitrogens is 4. The van der Waals surface area contributed by atoms with Gasteiger partial charge in [0.25, 0.3) is 0 Å². The Balaban J connectivity index is 2.21. The second-order valence-corrected chi connectivity index (χ2v) is 4.62. The van der Waals surface area contributed by atoms with Crippen LogP contribution in [0, 0.1) is 6.92 Å². The van der Waals surface area contributed by atoms with Gasteiger partial charge in [-0.15, -0.1) is 0 Å². The lowest BCUT2D eigenvalue weighted by molar-refractivity contribution is -0.118. The van der Waals surface area contributed by atoms with Crippen LogP contribution in [0.5, 0.6) is 0 Å². The number of anilines is 1. The summed E-state index contributed by atoms with van der Waals surface area (Å²) in [4.78, 5) is 15.1. The Labute approximate surface area is 111 Å². The summed E-state index contributed by atoms with van der Waals surface area (Å²) in [5.74, 6) is 0.231. The summed E-state index contributed by atoms with van der Waals surface area (Å²) in [6, 6.07) is 0. The molecule has 0 spiro atoms. The van der Waals surface area contributed by atoms with Gasteiger partial charge in [-0.1, -0.05) is 0 Å². The SMILES string of the molecule is CCn1nc(C)c2nc(N)n(CCCCC(N)=O)c21. The van der Waals surface area contributed by atoms with Crippen LogP contribution in [0.1, 0.15) is 31.9 Å². The van der Waals surface area contributed by atoms with Crippen LogP contribution in [0.2, 0.25) is 0 Å². The molecule has 0 aliphatic carbocycles. The zero-order valence-electron chi connectivity index (χ0n) is 11.4. The predicted octanol–water partition coefficient (Wildman–Crippen LogP) is 0.799. The molecular weight excluding hydrogens is 244 g/mol. The Kier molecular flexibility index (Phi) is 3.73. The Morgan fingerprint density at radius 1 is 1.37 bits per heavy atom. The first-order chi connectivity index (χ1) is 9.04. The minimum Gasteiger partial charge on any atom is -0.370 e. The van der Waals surface area contributed by atoms with Gasteiger partial charge in [-0.05, 0) is 26.7 Å². The molecule has 2 rings (SSSR count). The van der Waals surface area contributed by atoms with E-state index in [2.05, 4.69) is 10.1 Å². The Bertz CT molecular complexity index is 597. The van der Waals surface area contributed by atoms with Crippen molar-refractivity contribution in [1.82, 2.24) is 19.3 Å². The van der Waals surface area contributed by atoms with Gasteiger partial charge in [0.15, 0.2) is 5.65 Å². The van der Waals surface area contributed by atoms with Crippen LogP contribution < -0.4 is 11.5 Å². The Morgan fingerprint density at radius 3 is 2.74 bits per heavy atom. The second-order valence-electron chi connectivity index (χ2n) is 4.62. The zero-order valence-corrected chi connectivity index (χ0v) is 11.4. The molecule has 2 aromatic rings. The standard InChI is InChI=1S/C12H20N6O/c1-3-18-11-10(8(2)16-18)15-12(14)17(11)7-5-4-6-9(13)19/h3-7H2,1-2H3,(H2,13,19)(H2,14,15). The molecule has 1 amide bonds. The summed E-state index contributed by atoms with van der Waals surface area (Å²) in [7, 11) is 0. The van der Waals surface area contributed by atoms with Crippen LogP contribution in [-0.4, -0.2) is 25.2 Å². The van der Waals surface area contributed by atoms with Crippen LogP contribution in [0.25, 0.3) is 11.2 Å². The van der Waals surface area contributed by atoms with Crippen molar-refractivity contribution in [2.75, 3.05) is 5.73 Å². The molecule has 4 N–H and O–H groups in total. The molecular formula is C12H20N6O. The largest absolute Gasteiger partial charge is 0.370 e. The van der Waals surface area contributed by atoms with Gasteiger partial charge in [0.1, 0.15) is 5.52 Å². The molecule has 0 fully saturated rings. The first-order valence-corrected chi connectivity index (χ1v) is 6.52. The number of primary amides is 1. The Morgan fingerprint density at radius 2 is 2.11 bits per heavy atom. The molecule has 0 aliphatic rings. The molecule has 0 radical (unpaired) electrons. The monoisotopic (exact) mass is 264 g/mol. The number of carbonyl (C=O) groups excluding carboxylic acids is 1. The lowest BCUT2D eigenvalue weighted by Gasteiger charge is -2.07. The van der Waals surface area contributed by atoms with E-state index < -0.39 is 0 Å². The van der Waals surface area contributed by atoms with Crippen LogP contribution in [0.15, 0.2) is 0 Å². The van der Waals surface area contributed by atoms with Crippen molar-refractivity contribution in [3.05, 3.63) is 5.69 Å². The lowest BCUT2D eigenvalue weighted by Crippen LogP contribution is -2.11. The van der Waals surface area contributed by atoms with Crippen LogP contribution in [0.3, 0.4) is 0 Å². The van der Waals surface area contributed by atoms with E-state index in [9.17, 15) is 4.79 Å². The van der Waals surface area contributed by atoms with E-state index >= 15 is 0 Å². The summed E-state index contributed by atoms with van der Waals surface area (Å²) >= 11 is 0. The number of aryl methyl sites for hydroxylation is 3. The third kappa shape index (κ3) is 2.54. The van der Waals surface area contributed by atoms with Crippen LogP contribution in [0.4, 0.5) is 5.95 Å². The topological polar surface area (TPSA) is 105 Å². The molecule has 0 bridgehead atoms. The number of unbranched alkanes of at least 4 members (excludes halogenated alkanes) is 1. The van der Waals surface area contributed by atoms with Gasteiger partial charge in [0.05, 0.1) is 5.69 Å². The van der Waals surface area contributed by atoms with Crippen molar-refractivity contribution in [3.63, 3.8) is 0 Å². The van der Waals surface area contributed by atoms with E-state index in [1.165, 1.54) is 0 Å². The van der Waals surface area contributed by atoms with Crippen molar-refractivity contribution < 1.29 is 4.79 Å². The van der Waals surface area contributed by atoms with Gasteiger partial charge < -0.3 is 11.5 Å². The zero-order chi connectivity index (χ0) is 14.0. The number of amides is 1. The minimum absolute atomic E-state index is 0.266. The molecule has 2 aromatic heterocycles. The fourth-order valence-electron chi connectivity index (χ4n) is 2.25. The fraction of sp³-hybridized carbons (Fsp3) is 0.583. The molecule has 19 heavy (non-hydrogen) atoms. The van der Waals surface area contributed by atoms with Gasteiger partial charge in [-0.25, -0.2) is 9.67 Å². The van der Waals surface area contributed by atoms with Gasteiger partial charge in [-0.3, -0.25) is 9.36 Å². The number of nitrogen functional groups attached to an aromatic ring is 1. The predicted molar refractivity (Wildman–Crippen MR) is 73.4 cm³/mol. The maximum absolute atomic E-state index is 10.7. The van der Waals surface area contributed by atoms with Crippen molar-refractivity contribution in [1.29, 1.82) is 0 Å². The molecule has 104 valence electrons. The van der Waals surface area contributed by atoms with Crippen LogP contribution in [-0.2, 0) is 17.9 Å². The molecule has 0 aliphatic heterocycles. The number of fused-ring (bicyclic) bond motifs is 1. The third-order valence-corrected chi connectivity index (χ3v) is 3.18. The van der Waals surface area contributed by atoms with Gasteiger partial charge in [0.2, 0.25) is 11.9 Å². The highest BCUT2D eigenvalue weighted by Crippen LogP contribution is 2.21. The second kappa shape index (κ2) is 5.29. The molecule has 0 saturated heterocycles. The highest BCUT2D eigenvalue weighted by molar-refractivity contribution is 5.77. The number of nitrogens with zero attached hydrogens (tertiary/aromatic N) is 4. The molecule has 0 aromatic carbocycles. The van der Waals surface area contributed by atoms with Crippen molar-refractivity contribution in [2.45, 2.75) is 46.2 Å². The van der Waals surface area contributed by atoms with E-state index in [0.717, 1.165) is 42.8 Å². The smallest absolute Gasteiger partial charge is 0.217 e. The van der Waals surface area contributed by atoms with Gasteiger partial charge in [0, 0.05) is 19.5 Å². The van der Waals surface area contributed by atoms with Crippen LogP contribution >= 0.6 is 0 Å². The van der Waals surface area contributed by atoms with Gasteiger partial charge in [-0.2, -0.15) is 5.10 Å². The summed E-state index contributed by atoms with van der Waals surface area (Å²) in [5, 5.41) is 4.43. The minimum atomic E-state index is -0.266. The van der Waals surface area contributed by atoms with Crippen molar-refractivity contribution in [2.24, 2.45) is 5.73 Å². The molecule has 0 saturated carbocycles. The third-order valence-electron chi connectivity index (χ3n) is 3.18. The van der Waals surface area contributed by atoms with E-state index in [1.54, 1.807) is 0 Å². The normalized spacial score (nSPS) is 11.3. The van der Waals surface area contributed by atoms with E-state index in [1.807, 2.05) is 23.1 Å². The van der Waals surface area contributed by atoms with E-state index in [0.29, 0.717) is 12.4 Å². The number of carbonyl (C=O) groups is 1. The highest BCUT2D eigenvalue weighted by Gasteiger charge is 2.16. The first kappa shape index (κ1) is 13.4. The first-order valence-electron chi connectivity index (χ1n) is 6.52. The summed E-state index contributed by atoms with van der Waals surface area (Å²) < 4.78 is 3.86. The maximum Gasteiger partial charge on any atom is 0.217 e. The molecule has 7 nitrogen and oxygen atoms in total. The lowest BCUT2D eigenvalue weighted by atomic mass is 10.2. The van der Waals surface area contributed by atoms with E-state index in [4.69, 9.17) is 11.5 Å². The summed E-state index contributed by atoms with van der Waals surface area (Å²) in [5.41, 5.74) is 13.8. The van der Waals surface area contributed by atoms with E-state index in [-0.39, 0.29) is 5.91 Å². The van der Waals surface area contributed by atoms with Crippen molar-refractivity contribution in [3.8, 4) is 0 Å². The number of hydrogen-bond acceptors (Lipinski definition) is 4. The number of hydrogen-bond donors (Lipinski definition) is 2.